The third-order valence-electron chi connectivity index (χ3n) is 7.09. The maximum atomic E-state index is 12.9. The summed E-state index contributed by atoms with van der Waals surface area (Å²) in [5.41, 5.74) is 4.62. The number of carbonyl (C=O) groups is 2. The third kappa shape index (κ3) is 6.68. The van der Waals surface area contributed by atoms with Crippen molar-refractivity contribution in [2.45, 2.75) is 20.1 Å². The van der Waals surface area contributed by atoms with Crippen LogP contribution in [0.4, 0.5) is 4.79 Å². The molecular formula is C32H27N7O8. The topological polar surface area (TPSA) is 187 Å². The molecule has 0 bridgehead atoms. The van der Waals surface area contributed by atoms with Crippen LogP contribution in [0.25, 0.3) is 33.5 Å². The van der Waals surface area contributed by atoms with Gasteiger partial charge in [-0.1, -0.05) is 77.6 Å². The van der Waals surface area contributed by atoms with Gasteiger partial charge in [0.15, 0.2) is 0 Å². The number of fused-ring (bicyclic) bond motifs is 1. The Morgan fingerprint density at radius 3 is 2.38 bits per heavy atom. The Bertz CT molecular complexity index is 2060. The van der Waals surface area contributed by atoms with E-state index in [2.05, 4.69) is 25.2 Å². The lowest BCUT2D eigenvalue weighted by Gasteiger charge is -2.12. The third-order valence-corrected chi connectivity index (χ3v) is 7.09. The molecule has 0 radical (unpaired) electrons. The Labute approximate surface area is 266 Å². The van der Waals surface area contributed by atoms with Crippen molar-refractivity contribution in [3.8, 4) is 34.3 Å². The van der Waals surface area contributed by atoms with Crippen molar-refractivity contribution in [2.24, 2.45) is 0 Å². The summed E-state index contributed by atoms with van der Waals surface area (Å²) >= 11 is 0. The SMILES string of the molecule is CCOc1nc2cccc(C(=O)O)c2n1Cc1ccc(-c2ccccc2-c2nnn(C(=O)Oc3ccccc3CON(O)O)n2)cc1. The number of ether oxygens (including phenoxy) is 2. The van der Waals surface area contributed by atoms with Crippen LogP contribution in [0.5, 0.6) is 11.8 Å². The largest absolute Gasteiger partial charge is 0.478 e. The number of hydrogen-bond donors (Lipinski definition) is 3. The van der Waals surface area contributed by atoms with Gasteiger partial charge in [0.25, 0.3) is 6.01 Å². The molecule has 0 amide bonds. The predicted octanol–water partition coefficient (Wildman–Crippen LogP) is 5.06. The van der Waals surface area contributed by atoms with Crippen LogP contribution in [0.15, 0.2) is 91.0 Å². The van der Waals surface area contributed by atoms with Gasteiger partial charge in [0.2, 0.25) is 5.82 Å². The molecule has 2 heterocycles. The quantitative estimate of drug-likeness (QED) is 0.160. The van der Waals surface area contributed by atoms with Crippen molar-refractivity contribution in [3.05, 3.63) is 108 Å². The van der Waals surface area contributed by atoms with Crippen LogP contribution in [0.1, 0.15) is 28.4 Å². The molecule has 0 fully saturated rings. The summed E-state index contributed by atoms with van der Waals surface area (Å²) in [4.78, 5) is 34.7. The highest BCUT2D eigenvalue weighted by molar-refractivity contribution is 6.01. The van der Waals surface area contributed by atoms with Crippen LogP contribution < -0.4 is 9.47 Å². The minimum atomic E-state index is -1.05. The van der Waals surface area contributed by atoms with Gasteiger partial charge in [-0.2, -0.15) is 4.98 Å². The summed E-state index contributed by atoms with van der Waals surface area (Å²) in [5.74, 6) is -0.765. The number of imidazole rings is 1. The number of aromatic nitrogens is 6. The zero-order valence-corrected chi connectivity index (χ0v) is 24.8. The molecule has 6 rings (SSSR count). The van der Waals surface area contributed by atoms with Gasteiger partial charge >= 0.3 is 12.1 Å². The van der Waals surface area contributed by atoms with Crippen LogP contribution >= 0.6 is 0 Å². The highest BCUT2D eigenvalue weighted by atomic mass is 17.1. The van der Waals surface area contributed by atoms with Gasteiger partial charge in [-0.25, -0.2) is 14.4 Å². The predicted molar refractivity (Wildman–Crippen MR) is 164 cm³/mol. The molecule has 238 valence electrons. The van der Waals surface area contributed by atoms with Crippen LogP contribution in [0.2, 0.25) is 0 Å². The van der Waals surface area contributed by atoms with Crippen molar-refractivity contribution in [2.75, 3.05) is 6.61 Å². The molecule has 4 aromatic carbocycles. The smallest absolute Gasteiger partial charge is 0.459 e. The maximum Gasteiger partial charge on any atom is 0.459 e. The molecule has 0 aliphatic heterocycles. The van der Waals surface area contributed by atoms with E-state index in [0.29, 0.717) is 46.1 Å². The number of carboxylic acids is 1. The van der Waals surface area contributed by atoms with Crippen molar-refractivity contribution in [1.29, 1.82) is 0 Å². The van der Waals surface area contributed by atoms with E-state index < -0.39 is 17.5 Å². The fourth-order valence-electron chi connectivity index (χ4n) is 5.01. The van der Waals surface area contributed by atoms with E-state index in [1.807, 2.05) is 49.4 Å². The van der Waals surface area contributed by atoms with Gasteiger partial charge in [-0.3, -0.25) is 15.0 Å². The van der Waals surface area contributed by atoms with E-state index in [4.69, 9.17) is 19.9 Å². The lowest BCUT2D eigenvalue weighted by Crippen LogP contribution is -2.21. The number of aromatic carboxylic acids is 1. The van der Waals surface area contributed by atoms with Gasteiger partial charge in [-0.15, -0.1) is 10.2 Å². The summed E-state index contributed by atoms with van der Waals surface area (Å²) < 4.78 is 12.9. The van der Waals surface area contributed by atoms with Crippen molar-refractivity contribution >= 4 is 23.1 Å². The number of carboxylic acid groups (broad SMARTS) is 1. The Hall–Kier alpha value is -6.00. The fourth-order valence-corrected chi connectivity index (χ4v) is 5.01. The van der Waals surface area contributed by atoms with E-state index in [1.165, 1.54) is 6.07 Å². The minimum Gasteiger partial charge on any atom is -0.478 e. The second kappa shape index (κ2) is 13.6. The highest BCUT2D eigenvalue weighted by Crippen LogP contribution is 2.31. The summed E-state index contributed by atoms with van der Waals surface area (Å²) in [5, 5.41) is 39.2. The zero-order valence-electron chi connectivity index (χ0n) is 24.8. The fraction of sp³-hybridized carbons (Fsp3) is 0.125. The first-order valence-corrected chi connectivity index (χ1v) is 14.3. The van der Waals surface area contributed by atoms with Gasteiger partial charge in [0.1, 0.15) is 12.4 Å². The number of para-hydroxylation sites is 2. The molecule has 0 aliphatic carbocycles. The average molecular weight is 638 g/mol. The monoisotopic (exact) mass is 637 g/mol. The molecule has 3 N–H and O–H groups in total. The normalized spacial score (nSPS) is 11.2. The number of tetrazole rings is 1. The van der Waals surface area contributed by atoms with Crippen LogP contribution in [-0.2, 0) is 18.0 Å². The molecule has 0 aliphatic rings. The molecule has 0 spiro atoms. The number of rotatable bonds is 11. The Kier molecular flexibility index (Phi) is 8.94. The number of nitrogens with zero attached hydrogens (tertiary/aromatic N) is 7. The van der Waals surface area contributed by atoms with E-state index in [1.54, 1.807) is 47.0 Å². The minimum absolute atomic E-state index is 0.106. The Morgan fingerprint density at radius 2 is 1.64 bits per heavy atom. The summed E-state index contributed by atoms with van der Waals surface area (Å²) in [6, 6.07) is 26.7. The molecule has 0 saturated carbocycles. The molecule has 47 heavy (non-hydrogen) atoms. The van der Waals surface area contributed by atoms with Crippen molar-refractivity contribution in [1.82, 2.24) is 35.1 Å². The second-order valence-electron chi connectivity index (χ2n) is 10.0. The molecule has 2 aromatic heterocycles. The van der Waals surface area contributed by atoms with Gasteiger partial charge in [0, 0.05) is 11.1 Å². The molecule has 0 saturated heterocycles. The van der Waals surface area contributed by atoms with Crippen molar-refractivity contribution in [3.63, 3.8) is 0 Å². The second-order valence-corrected chi connectivity index (χ2v) is 10.0. The highest BCUT2D eigenvalue weighted by Gasteiger charge is 2.20. The lowest BCUT2D eigenvalue weighted by molar-refractivity contribution is -0.497. The molecule has 6 aromatic rings. The van der Waals surface area contributed by atoms with Crippen LogP contribution in [-0.4, -0.2) is 69.3 Å². The molecular weight excluding hydrogens is 610 g/mol. The maximum absolute atomic E-state index is 12.9. The number of benzene rings is 4. The van der Waals surface area contributed by atoms with E-state index >= 15 is 0 Å². The van der Waals surface area contributed by atoms with E-state index in [-0.39, 0.29) is 23.7 Å². The van der Waals surface area contributed by atoms with Crippen LogP contribution in [0, 0.1) is 0 Å². The molecule has 0 atom stereocenters. The first-order chi connectivity index (χ1) is 22.8. The zero-order chi connectivity index (χ0) is 32.9. The molecule has 15 nitrogen and oxygen atoms in total. The summed E-state index contributed by atoms with van der Waals surface area (Å²) in [6.07, 6.45) is -0.938. The molecule has 15 heteroatoms. The Morgan fingerprint density at radius 1 is 0.894 bits per heavy atom. The molecule has 0 unspecified atom stereocenters. The summed E-state index contributed by atoms with van der Waals surface area (Å²) in [6.45, 7) is 2.25. The Balaban J connectivity index is 1.24. The van der Waals surface area contributed by atoms with E-state index in [0.717, 1.165) is 16.7 Å². The first-order valence-electron chi connectivity index (χ1n) is 14.3. The van der Waals surface area contributed by atoms with Gasteiger partial charge < -0.3 is 14.6 Å². The van der Waals surface area contributed by atoms with Crippen molar-refractivity contribution < 1.29 is 39.4 Å². The standard InChI is InChI=1S/C32H27N7O8/c1-2-45-31-33-26-12-7-11-25(30(40)41)28(26)37(31)18-20-14-16-21(17-15-20)23-9-4-5-10-24(23)29-34-36-38(35-29)32(42)47-27-13-6-3-8-22(27)19-46-39(43)44/h3-17,43-44H,2,18-19H2,1H3,(H,40,41). The average Bonchev–Trinajstić information content (AvgIpc) is 3.70. The summed E-state index contributed by atoms with van der Waals surface area (Å²) in [7, 11) is 0. The first kappa shape index (κ1) is 31.0. The van der Waals surface area contributed by atoms with E-state index in [9.17, 15) is 14.7 Å². The number of hydrogen-bond acceptors (Lipinski definition) is 12. The van der Waals surface area contributed by atoms with Gasteiger partial charge in [-0.05, 0) is 47.0 Å². The van der Waals surface area contributed by atoms with Crippen LogP contribution in [0.3, 0.4) is 0 Å². The number of carbonyl (C=O) groups excluding carboxylic acids is 1. The van der Waals surface area contributed by atoms with Gasteiger partial charge in [0.05, 0.1) is 35.1 Å². The lowest BCUT2D eigenvalue weighted by atomic mass is 9.98.